The zero-order valence-corrected chi connectivity index (χ0v) is 20.3. The van der Waals surface area contributed by atoms with Gasteiger partial charge in [0.25, 0.3) is 0 Å². The SMILES string of the molecule is COc1ccc(C(=O)c2c(C)n(-c3cccc(OC)c3)c3cc(OC(C)(C)C(=O)O)ccc23)cc1. The lowest BCUT2D eigenvalue weighted by atomic mass is 10.0. The van der Waals surface area contributed by atoms with Crippen LogP contribution in [0.4, 0.5) is 0 Å². The number of ketones is 1. The van der Waals surface area contributed by atoms with Crippen molar-refractivity contribution in [3.05, 3.63) is 83.6 Å². The number of carbonyl (C=O) groups is 2. The Labute approximate surface area is 203 Å². The van der Waals surface area contributed by atoms with Crippen molar-refractivity contribution in [3.8, 4) is 22.9 Å². The second kappa shape index (κ2) is 9.18. The highest BCUT2D eigenvalue weighted by atomic mass is 16.5. The first-order chi connectivity index (χ1) is 16.7. The molecule has 0 aliphatic heterocycles. The minimum atomic E-state index is -1.42. The van der Waals surface area contributed by atoms with Crippen LogP contribution in [0.3, 0.4) is 0 Å². The Kier molecular flexibility index (Phi) is 6.26. The molecule has 0 aliphatic rings. The van der Waals surface area contributed by atoms with Crippen molar-refractivity contribution in [2.45, 2.75) is 26.4 Å². The Bertz CT molecular complexity index is 1420. The summed E-state index contributed by atoms with van der Waals surface area (Å²) in [5.74, 6) is 0.518. The summed E-state index contributed by atoms with van der Waals surface area (Å²) < 4.78 is 18.4. The van der Waals surface area contributed by atoms with Gasteiger partial charge in [0.05, 0.1) is 25.3 Å². The fourth-order valence-electron chi connectivity index (χ4n) is 4.05. The van der Waals surface area contributed by atoms with Gasteiger partial charge in [-0.05, 0) is 69.3 Å². The molecule has 0 atom stereocenters. The number of methoxy groups -OCH3 is 2. The minimum absolute atomic E-state index is 0.128. The van der Waals surface area contributed by atoms with Crippen molar-refractivity contribution in [1.82, 2.24) is 4.57 Å². The van der Waals surface area contributed by atoms with E-state index in [1.807, 2.05) is 35.8 Å². The number of rotatable bonds is 8. The van der Waals surface area contributed by atoms with Crippen molar-refractivity contribution in [2.24, 2.45) is 0 Å². The van der Waals surface area contributed by atoms with Crippen LogP contribution in [0.1, 0.15) is 35.5 Å². The van der Waals surface area contributed by atoms with Crippen LogP contribution in [0.15, 0.2) is 66.7 Å². The van der Waals surface area contributed by atoms with Crippen LogP contribution in [0.25, 0.3) is 16.6 Å². The van der Waals surface area contributed by atoms with Gasteiger partial charge in [0.15, 0.2) is 11.4 Å². The number of aliphatic carboxylic acids is 1. The van der Waals surface area contributed by atoms with E-state index in [1.165, 1.54) is 13.8 Å². The zero-order valence-electron chi connectivity index (χ0n) is 20.3. The highest BCUT2D eigenvalue weighted by Crippen LogP contribution is 2.35. The molecule has 7 nitrogen and oxygen atoms in total. The first kappa shape index (κ1) is 23.9. The van der Waals surface area contributed by atoms with E-state index in [0.29, 0.717) is 33.9 Å². The van der Waals surface area contributed by atoms with Gasteiger partial charge in [-0.2, -0.15) is 0 Å². The Hall–Kier alpha value is -4.26. The molecule has 0 spiro atoms. The maximum Gasteiger partial charge on any atom is 0.347 e. The lowest BCUT2D eigenvalue weighted by molar-refractivity contribution is -0.152. The molecular weight excluding hydrogens is 446 g/mol. The molecule has 180 valence electrons. The Morgan fingerprint density at radius 1 is 0.857 bits per heavy atom. The largest absolute Gasteiger partial charge is 0.497 e. The van der Waals surface area contributed by atoms with Crippen molar-refractivity contribution >= 4 is 22.7 Å². The lowest BCUT2D eigenvalue weighted by Gasteiger charge is -2.21. The van der Waals surface area contributed by atoms with Gasteiger partial charge in [0, 0.05) is 34.5 Å². The number of aromatic nitrogens is 1. The van der Waals surface area contributed by atoms with Crippen LogP contribution in [0.2, 0.25) is 0 Å². The molecular formula is C28H27NO6. The quantitative estimate of drug-likeness (QED) is 0.344. The number of ether oxygens (including phenoxy) is 3. The third-order valence-corrected chi connectivity index (χ3v) is 5.96. The molecule has 35 heavy (non-hydrogen) atoms. The number of hydrogen-bond acceptors (Lipinski definition) is 5. The van der Waals surface area contributed by atoms with Gasteiger partial charge < -0.3 is 23.9 Å². The number of carboxylic acid groups (broad SMARTS) is 1. The molecule has 1 heterocycles. The summed E-state index contributed by atoms with van der Waals surface area (Å²) in [6.07, 6.45) is 0. The summed E-state index contributed by atoms with van der Waals surface area (Å²) in [6.45, 7) is 4.87. The monoisotopic (exact) mass is 473 g/mol. The van der Waals surface area contributed by atoms with Crippen molar-refractivity contribution in [2.75, 3.05) is 14.2 Å². The molecule has 0 radical (unpaired) electrons. The standard InChI is InChI=1S/C28H27NO6/c1-17-25(26(30)18-9-11-20(33-4)12-10-18)23-14-13-22(35-28(2,3)27(31)32)16-24(23)29(17)19-7-6-8-21(15-19)34-5/h6-16H,1-5H3,(H,31,32). The summed E-state index contributed by atoms with van der Waals surface area (Å²) >= 11 is 0. The highest BCUT2D eigenvalue weighted by molar-refractivity contribution is 6.18. The van der Waals surface area contributed by atoms with Crippen molar-refractivity contribution in [3.63, 3.8) is 0 Å². The Morgan fingerprint density at radius 2 is 1.51 bits per heavy atom. The van der Waals surface area contributed by atoms with Gasteiger partial charge in [-0.25, -0.2) is 4.79 Å². The predicted molar refractivity (Wildman–Crippen MR) is 133 cm³/mol. The summed E-state index contributed by atoms with van der Waals surface area (Å²) in [7, 11) is 3.17. The second-order valence-electron chi connectivity index (χ2n) is 8.65. The second-order valence-corrected chi connectivity index (χ2v) is 8.65. The van der Waals surface area contributed by atoms with Gasteiger partial charge >= 0.3 is 5.97 Å². The van der Waals surface area contributed by atoms with Crippen LogP contribution in [-0.4, -0.2) is 41.2 Å². The van der Waals surface area contributed by atoms with Crippen LogP contribution < -0.4 is 14.2 Å². The number of carboxylic acids is 1. The van der Waals surface area contributed by atoms with E-state index in [2.05, 4.69) is 0 Å². The Balaban J connectivity index is 1.93. The average molecular weight is 474 g/mol. The van der Waals surface area contributed by atoms with Crippen molar-refractivity contribution < 1.29 is 28.9 Å². The third kappa shape index (κ3) is 4.45. The number of carbonyl (C=O) groups excluding carboxylic acids is 1. The summed E-state index contributed by atoms with van der Waals surface area (Å²) in [6, 6.07) is 19.7. The molecule has 0 amide bonds. The first-order valence-corrected chi connectivity index (χ1v) is 11.1. The predicted octanol–water partition coefficient (Wildman–Crippen LogP) is 5.43. The number of fused-ring (bicyclic) bond motifs is 1. The topological polar surface area (TPSA) is 87.0 Å². The molecule has 3 aromatic carbocycles. The average Bonchev–Trinajstić information content (AvgIpc) is 3.14. The minimum Gasteiger partial charge on any atom is -0.497 e. The lowest BCUT2D eigenvalue weighted by Crippen LogP contribution is -2.37. The van der Waals surface area contributed by atoms with E-state index >= 15 is 0 Å². The van der Waals surface area contributed by atoms with Crippen LogP contribution in [-0.2, 0) is 4.79 Å². The van der Waals surface area contributed by atoms with Gasteiger partial charge in [0.2, 0.25) is 0 Å². The normalized spacial score (nSPS) is 11.3. The first-order valence-electron chi connectivity index (χ1n) is 11.1. The third-order valence-electron chi connectivity index (χ3n) is 5.96. The number of benzene rings is 3. The molecule has 0 unspecified atom stereocenters. The smallest absolute Gasteiger partial charge is 0.347 e. The van der Waals surface area contributed by atoms with Crippen LogP contribution in [0.5, 0.6) is 17.2 Å². The fraction of sp³-hybridized carbons (Fsp3) is 0.214. The van der Waals surface area contributed by atoms with E-state index in [-0.39, 0.29) is 5.78 Å². The maximum atomic E-state index is 13.7. The molecule has 0 saturated carbocycles. The van der Waals surface area contributed by atoms with Gasteiger partial charge in [-0.1, -0.05) is 6.07 Å². The molecule has 1 N–H and O–H groups in total. The number of nitrogens with zero attached hydrogens (tertiary/aromatic N) is 1. The molecule has 7 heteroatoms. The van der Waals surface area contributed by atoms with Crippen LogP contribution in [0, 0.1) is 6.92 Å². The molecule has 0 aliphatic carbocycles. The molecule has 0 bridgehead atoms. The van der Waals surface area contributed by atoms with E-state index in [4.69, 9.17) is 14.2 Å². The Morgan fingerprint density at radius 3 is 2.14 bits per heavy atom. The molecule has 0 fully saturated rings. The van der Waals surface area contributed by atoms with E-state index in [0.717, 1.165) is 16.8 Å². The van der Waals surface area contributed by atoms with Gasteiger partial charge in [-0.15, -0.1) is 0 Å². The summed E-state index contributed by atoms with van der Waals surface area (Å²) in [5.41, 5.74) is 1.92. The maximum absolute atomic E-state index is 13.7. The summed E-state index contributed by atoms with van der Waals surface area (Å²) in [5, 5.41) is 10.2. The van der Waals surface area contributed by atoms with E-state index < -0.39 is 11.6 Å². The molecule has 1 aromatic heterocycles. The highest BCUT2D eigenvalue weighted by Gasteiger charge is 2.30. The van der Waals surface area contributed by atoms with Crippen LogP contribution >= 0.6 is 0 Å². The fourth-order valence-corrected chi connectivity index (χ4v) is 4.05. The molecule has 4 aromatic rings. The summed E-state index contributed by atoms with van der Waals surface area (Å²) in [4.78, 5) is 25.3. The zero-order chi connectivity index (χ0) is 25.3. The molecule has 4 rings (SSSR count). The van der Waals surface area contributed by atoms with Gasteiger partial charge in [0.1, 0.15) is 17.2 Å². The molecule has 0 saturated heterocycles. The number of hydrogen-bond donors (Lipinski definition) is 1. The van der Waals surface area contributed by atoms with E-state index in [9.17, 15) is 14.7 Å². The van der Waals surface area contributed by atoms with Crippen molar-refractivity contribution in [1.29, 1.82) is 0 Å². The van der Waals surface area contributed by atoms with Gasteiger partial charge in [-0.3, -0.25) is 4.79 Å². The van der Waals surface area contributed by atoms with E-state index in [1.54, 1.807) is 56.7 Å².